The van der Waals surface area contributed by atoms with Gasteiger partial charge in [0.25, 0.3) is 0 Å². The molecule has 1 amide bonds. The number of hydrogen-bond acceptors (Lipinski definition) is 5. The van der Waals surface area contributed by atoms with Crippen LogP contribution in [0, 0.1) is 6.92 Å². The zero-order valence-corrected chi connectivity index (χ0v) is 17.8. The first-order valence-corrected chi connectivity index (χ1v) is 10.4. The molecule has 7 heteroatoms. The van der Waals surface area contributed by atoms with Crippen LogP contribution in [-0.4, -0.2) is 57.6 Å². The summed E-state index contributed by atoms with van der Waals surface area (Å²) in [6.07, 6.45) is 1.55. The van der Waals surface area contributed by atoms with E-state index in [1.165, 1.54) is 22.7 Å². The second-order valence-corrected chi connectivity index (χ2v) is 7.81. The van der Waals surface area contributed by atoms with Crippen LogP contribution >= 0.6 is 0 Å². The minimum atomic E-state index is -0.194. The normalized spacial score (nSPS) is 14.5. The average molecular weight is 418 g/mol. The van der Waals surface area contributed by atoms with E-state index in [9.17, 15) is 9.59 Å². The highest BCUT2D eigenvalue weighted by atomic mass is 16.5. The summed E-state index contributed by atoms with van der Waals surface area (Å²) in [5.41, 5.74) is 2.67. The molecule has 2 heterocycles. The van der Waals surface area contributed by atoms with Gasteiger partial charge in [0.2, 0.25) is 0 Å². The summed E-state index contributed by atoms with van der Waals surface area (Å²) in [6, 6.07) is 17.5. The predicted molar refractivity (Wildman–Crippen MR) is 118 cm³/mol. The SMILES string of the molecule is CC(=O)c1ccn(C(=O)N2CCN(Cc3cccc(Oc4ccc(C)cc4)c3)CC2)n1. The van der Waals surface area contributed by atoms with Crippen molar-refractivity contribution in [1.82, 2.24) is 19.6 Å². The van der Waals surface area contributed by atoms with E-state index in [4.69, 9.17) is 4.74 Å². The van der Waals surface area contributed by atoms with Gasteiger partial charge in [-0.05, 0) is 42.8 Å². The summed E-state index contributed by atoms with van der Waals surface area (Å²) in [5.74, 6) is 1.49. The molecule has 0 bridgehead atoms. The Balaban J connectivity index is 1.32. The molecule has 160 valence electrons. The highest BCUT2D eigenvalue weighted by molar-refractivity contribution is 5.92. The molecule has 31 heavy (non-hydrogen) atoms. The second kappa shape index (κ2) is 9.14. The average Bonchev–Trinajstić information content (AvgIpc) is 3.26. The van der Waals surface area contributed by atoms with E-state index in [0.717, 1.165) is 31.1 Å². The first kappa shape index (κ1) is 20.8. The number of carbonyl (C=O) groups excluding carboxylic acids is 2. The third kappa shape index (κ3) is 5.19. The Kier molecular flexibility index (Phi) is 6.13. The van der Waals surface area contributed by atoms with Gasteiger partial charge < -0.3 is 9.64 Å². The summed E-state index contributed by atoms with van der Waals surface area (Å²) in [4.78, 5) is 28.1. The first-order chi connectivity index (χ1) is 15.0. The Hall–Kier alpha value is -3.45. The summed E-state index contributed by atoms with van der Waals surface area (Å²) >= 11 is 0. The Labute approximate surface area is 181 Å². The molecule has 1 saturated heterocycles. The fourth-order valence-corrected chi connectivity index (χ4v) is 3.57. The standard InChI is InChI=1S/C24H26N4O3/c1-18-6-8-21(9-7-18)31-22-5-3-4-20(16-22)17-26-12-14-27(15-13-26)24(30)28-11-10-23(25-28)19(2)29/h3-11,16H,12-15,17H2,1-2H3. The number of hydrogen-bond donors (Lipinski definition) is 0. The maximum absolute atomic E-state index is 12.6. The van der Waals surface area contributed by atoms with Crippen LogP contribution in [0.3, 0.4) is 0 Å². The number of rotatable bonds is 5. The van der Waals surface area contributed by atoms with Crippen LogP contribution in [0.5, 0.6) is 11.5 Å². The Morgan fingerprint density at radius 2 is 1.71 bits per heavy atom. The zero-order chi connectivity index (χ0) is 21.8. The van der Waals surface area contributed by atoms with Gasteiger partial charge in [-0.15, -0.1) is 0 Å². The Morgan fingerprint density at radius 1 is 0.968 bits per heavy atom. The third-order valence-corrected chi connectivity index (χ3v) is 5.35. The van der Waals surface area contributed by atoms with E-state index in [1.807, 2.05) is 36.4 Å². The molecule has 1 aliphatic rings. The lowest BCUT2D eigenvalue weighted by molar-refractivity contribution is 0.101. The molecule has 0 aliphatic carbocycles. The quantitative estimate of drug-likeness (QED) is 0.587. The van der Waals surface area contributed by atoms with Crippen LogP contribution in [0.1, 0.15) is 28.5 Å². The van der Waals surface area contributed by atoms with Crippen LogP contribution in [0.4, 0.5) is 4.79 Å². The molecule has 2 aromatic carbocycles. The number of nitrogens with zero attached hydrogens (tertiary/aromatic N) is 4. The molecule has 1 aromatic heterocycles. The van der Waals surface area contributed by atoms with Crippen LogP contribution in [0.15, 0.2) is 60.8 Å². The van der Waals surface area contributed by atoms with Crippen molar-refractivity contribution in [3.8, 4) is 11.5 Å². The number of aryl methyl sites for hydroxylation is 1. The summed E-state index contributed by atoms with van der Waals surface area (Å²) in [6.45, 7) is 7.07. The van der Waals surface area contributed by atoms with E-state index in [0.29, 0.717) is 18.8 Å². The minimum Gasteiger partial charge on any atom is -0.457 e. The van der Waals surface area contributed by atoms with Crippen molar-refractivity contribution in [2.75, 3.05) is 26.2 Å². The van der Waals surface area contributed by atoms with Crippen LogP contribution in [0.2, 0.25) is 0 Å². The molecule has 1 aliphatic heterocycles. The van der Waals surface area contributed by atoms with Gasteiger partial charge in [-0.1, -0.05) is 29.8 Å². The van der Waals surface area contributed by atoms with Crippen molar-refractivity contribution in [3.63, 3.8) is 0 Å². The van der Waals surface area contributed by atoms with Gasteiger partial charge >= 0.3 is 6.03 Å². The zero-order valence-electron chi connectivity index (χ0n) is 17.8. The van der Waals surface area contributed by atoms with Gasteiger partial charge in [-0.2, -0.15) is 9.78 Å². The Morgan fingerprint density at radius 3 is 2.39 bits per heavy atom. The fraction of sp³-hybridized carbons (Fsp3) is 0.292. The molecule has 3 aromatic rings. The van der Waals surface area contributed by atoms with Gasteiger partial charge in [-0.25, -0.2) is 4.79 Å². The van der Waals surface area contributed by atoms with E-state index in [1.54, 1.807) is 17.2 Å². The van der Waals surface area contributed by atoms with Crippen LogP contribution in [-0.2, 0) is 6.54 Å². The lowest BCUT2D eigenvalue weighted by Gasteiger charge is -2.34. The number of ether oxygens (including phenoxy) is 1. The molecular weight excluding hydrogens is 392 g/mol. The minimum absolute atomic E-state index is 0.148. The van der Waals surface area contributed by atoms with Gasteiger partial charge in [0.1, 0.15) is 17.2 Å². The highest BCUT2D eigenvalue weighted by Crippen LogP contribution is 2.23. The maximum atomic E-state index is 12.6. The number of carbonyl (C=O) groups is 2. The highest BCUT2D eigenvalue weighted by Gasteiger charge is 2.23. The number of aromatic nitrogens is 2. The van der Waals surface area contributed by atoms with Crippen molar-refractivity contribution in [2.45, 2.75) is 20.4 Å². The van der Waals surface area contributed by atoms with Crippen molar-refractivity contribution >= 4 is 11.8 Å². The monoisotopic (exact) mass is 418 g/mol. The molecule has 0 spiro atoms. The Bertz CT molecular complexity index is 1070. The number of benzene rings is 2. The molecule has 4 rings (SSSR count). The molecule has 1 fully saturated rings. The van der Waals surface area contributed by atoms with E-state index < -0.39 is 0 Å². The summed E-state index contributed by atoms with van der Waals surface area (Å²) in [5, 5.41) is 4.07. The van der Waals surface area contributed by atoms with Crippen molar-refractivity contribution < 1.29 is 14.3 Å². The van der Waals surface area contributed by atoms with Gasteiger partial charge in [0.15, 0.2) is 5.78 Å². The van der Waals surface area contributed by atoms with E-state index in [2.05, 4.69) is 29.1 Å². The first-order valence-electron chi connectivity index (χ1n) is 10.4. The number of ketones is 1. The maximum Gasteiger partial charge on any atom is 0.344 e. The van der Waals surface area contributed by atoms with Gasteiger partial charge in [0, 0.05) is 45.8 Å². The number of amides is 1. The lowest BCUT2D eigenvalue weighted by Crippen LogP contribution is -2.49. The molecule has 7 nitrogen and oxygen atoms in total. The van der Waals surface area contributed by atoms with E-state index >= 15 is 0 Å². The van der Waals surface area contributed by atoms with Gasteiger partial charge in [-0.3, -0.25) is 9.69 Å². The smallest absolute Gasteiger partial charge is 0.344 e. The largest absolute Gasteiger partial charge is 0.457 e. The fourth-order valence-electron chi connectivity index (χ4n) is 3.57. The topological polar surface area (TPSA) is 67.7 Å². The number of piperazine rings is 1. The van der Waals surface area contributed by atoms with Crippen LogP contribution < -0.4 is 4.74 Å². The molecule has 0 atom stereocenters. The predicted octanol–water partition coefficient (Wildman–Crippen LogP) is 3.97. The van der Waals surface area contributed by atoms with Crippen molar-refractivity contribution in [3.05, 3.63) is 77.6 Å². The third-order valence-electron chi connectivity index (χ3n) is 5.35. The van der Waals surface area contributed by atoms with Gasteiger partial charge in [0.05, 0.1) is 0 Å². The molecule has 0 unspecified atom stereocenters. The molecule has 0 radical (unpaired) electrons. The summed E-state index contributed by atoms with van der Waals surface area (Å²) in [7, 11) is 0. The second-order valence-electron chi connectivity index (χ2n) is 7.81. The van der Waals surface area contributed by atoms with Crippen molar-refractivity contribution in [1.29, 1.82) is 0 Å². The lowest BCUT2D eigenvalue weighted by atomic mass is 10.2. The molecule has 0 saturated carbocycles. The van der Waals surface area contributed by atoms with Crippen LogP contribution in [0.25, 0.3) is 0 Å². The van der Waals surface area contributed by atoms with Crippen molar-refractivity contribution in [2.24, 2.45) is 0 Å². The molecular formula is C24H26N4O3. The molecule has 0 N–H and O–H groups in total. The van der Waals surface area contributed by atoms with E-state index in [-0.39, 0.29) is 11.8 Å². The summed E-state index contributed by atoms with van der Waals surface area (Å²) < 4.78 is 7.22. The number of Topliss-reactive ketones (excluding diaryl/α,β-unsaturated/α-hetero) is 1.